The van der Waals surface area contributed by atoms with E-state index in [2.05, 4.69) is 19.1 Å². The first-order valence-corrected chi connectivity index (χ1v) is 9.01. The van der Waals surface area contributed by atoms with E-state index < -0.39 is 18.2 Å². The minimum Gasteiger partial charge on any atom is -0.395 e. The van der Waals surface area contributed by atoms with Gasteiger partial charge < -0.3 is 21.1 Å². The summed E-state index contributed by atoms with van der Waals surface area (Å²) in [4.78, 5) is 0. The predicted octanol–water partition coefficient (Wildman–Crippen LogP) is 2.90. The zero-order valence-corrected chi connectivity index (χ0v) is 14.3. The molecule has 0 aliphatic heterocycles. The first-order chi connectivity index (χ1) is 10.6. The van der Waals surface area contributed by atoms with E-state index in [1.165, 1.54) is 51.4 Å². The quantitative estimate of drug-likeness (QED) is 0.276. The normalized spacial score (nSPS) is 16.0. The molecule has 0 aliphatic carbocycles. The standard InChI is InChI=1S/C18H37NO3/c1-2-3-4-5-6-7-8-9-10-11-12-13-14-17(21)18(22)16(19)15-20/h6-7,16-18,20-22H,2-5,8-15,19H2,1H3. The van der Waals surface area contributed by atoms with Crippen molar-refractivity contribution in [2.45, 2.75) is 95.8 Å². The van der Waals surface area contributed by atoms with Crippen molar-refractivity contribution in [3.63, 3.8) is 0 Å². The molecule has 0 aromatic carbocycles. The molecule has 0 amide bonds. The Labute approximate surface area is 136 Å². The molecule has 22 heavy (non-hydrogen) atoms. The minimum absolute atomic E-state index is 0.301. The summed E-state index contributed by atoms with van der Waals surface area (Å²) in [5, 5.41) is 28.2. The van der Waals surface area contributed by atoms with Crippen LogP contribution in [-0.2, 0) is 0 Å². The molecule has 0 aliphatic rings. The van der Waals surface area contributed by atoms with Crippen LogP contribution in [0.5, 0.6) is 0 Å². The van der Waals surface area contributed by atoms with Gasteiger partial charge >= 0.3 is 0 Å². The highest BCUT2D eigenvalue weighted by molar-refractivity contribution is 4.81. The maximum Gasteiger partial charge on any atom is 0.0971 e. The van der Waals surface area contributed by atoms with Crippen LogP contribution in [0.15, 0.2) is 12.2 Å². The number of aliphatic hydroxyl groups excluding tert-OH is 3. The molecule has 5 N–H and O–H groups in total. The Morgan fingerprint density at radius 2 is 1.41 bits per heavy atom. The molecule has 0 fully saturated rings. The second-order valence-corrected chi connectivity index (χ2v) is 6.22. The van der Waals surface area contributed by atoms with Gasteiger partial charge in [0.1, 0.15) is 0 Å². The molecule has 0 aromatic heterocycles. The number of hydrogen-bond donors (Lipinski definition) is 4. The highest BCUT2D eigenvalue weighted by Crippen LogP contribution is 2.12. The fourth-order valence-corrected chi connectivity index (χ4v) is 2.46. The topological polar surface area (TPSA) is 86.7 Å². The van der Waals surface area contributed by atoms with Crippen LogP contribution in [0.25, 0.3) is 0 Å². The summed E-state index contributed by atoms with van der Waals surface area (Å²) in [6, 6.07) is -0.751. The molecule has 0 saturated carbocycles. The predicted molar refractivity (Wildman–Crippen MR) is 92.7 cm³/mol. The van der Waals surface area contributed by atoms with Crippen LogP contribution >= 0.6 is 0 Å². The summed E-state index contributed by atoms with van der Waals surface area (Å²) in [5.74, 6) is 0. The SMILES string of the molecule is CCCCCC=CCCCCCCCC(O)C(O)C(N)CO. The number of unbranched alkanes of at least 4 members (excludes halogenated alkanes) is 8. The van der Waals surface area contributed by atoms with Crippen molar-refractivity contribution in [3.05, 3.63) is 12.2 Å². The molecule has 0 radical (unpaired) electrons. The maximum atomic E-state index is 9.73. The zero-order chi connectivity index (χ0) is 16.6. The summed E-state index contributed by atoms with van der Waals surface area (Å²) in [5.41, 5.74) is 5.49. The lowest BCUT2D eigenvalue weighted by atomic mass is 10.0. The van der Waals surface area contributed by atoms with Gasteiger partial charge in [0.15, 0.2) is 0 Å². The molecular weight excluding hydrogens is 278 g/mol. The Morgan fingerprint density at radius 3 is 2.00 bits per heavy atom. The van der Waals surface area contributed by atoms with Gasteiger partial charge in [-0.25, -0.2) is 0 Å². The van der Waals surface area contributed by atoms with Gasteiger partial charge in [-0.2, -0.15) is 0 Å². The number of rotatable bonds is 15. The Bertz CT molecular complexity index is 259. The van der Waals surface area contributed by atoms with Gasteiger partial charge in [-0.15, -0.1) is 0 Å². The van der Waals surface area contributed by atoms with Gasteiger partial charge in [0, 0.05) is 0 Å². The molecule has 0 aromatic rings. The molecule has 0 bridgehead atoms. The van der Waals surface area contributed by atoms with E-state index in [1.807, 2.05) is 0 Å². The third-order valence-corrected chi connectivity index (χ3v) is 4.06. The highest BCUT2D eigenvalue weighted by Gasteiger charge is 2.21. The summed E-state index contributed by atoms with van der Waals surface area (Å²) in [6.07, 6.45) is 15.2. The van der Waals surface area contributed by atoms with E-state index >= 15 is 0 Å². The van der Waals surface area contributed by atoms with Crippen LogP contribution in [0.2, 0.25) is 0 Å². The largest absolute Gasteiger partial charge is 0.395 e. The van der Waals surface area contributed by atoms with E-state index in [9.17, 15) is 10.2 Å². The van der Waals surface area contributed by atoms with Crippen LogP contribution in [0.1, 0.15) is 77.6 Å². The summed E-state index contributed by atoms with van der Waals surface area (Å²) < 4.78 is 0. The van der Waals surface area contributed by atoms with E-state index in [0.717, 1.165) is 12.8 Å². The molecule has 3 atom stereocenters. The van der Waals surface area contributed by atoms with Crippen molar-refractivity contribution in [3.8, 4) is 0 Å². The molecular formula is C18H37NO3. The number of hydrogen-bond acceptors (Lipinski definition) is 4. The lowest BCUT2D eigenvalue weighted by Gasteiger charge is -2.22. The second kappa shape index (κ2) is 15.5. The number of aliphatic hydroxyl groups is 3. The van der Waals surface area contributed by atoms with Crippen LogP contribution < -0.4 is 5.73 Å². The maximum absolute atomic E-state index is 9.73. The molecule has 0 rings (SSSR count). The minimum atomic E-state index is -1.03. The Morgan fingerprint density at radius 1 is 0.864 bits per heavy atom. The van der Waals surface area contributed by atoms with Crippen LogP contribution in [-0.4, -0.2) is 40.2 Å². The Balaban J connectivity index is 3.36. The van der Waals surface area contributed by atoms with Gasteiger partial charge in [0.05, 0.1) is 24.9 Å². The summed E-state index contributed by atoms with van der Waals surface area (Å²) in [6.45, 7) is 1.93. The van der Waals surface area contributed by atoms with Crippen molar-refractivity contribution >= 4 is 0 Å². The molecule has 0 heterocycles. The van der Waals surface area contributed by atoms with Gasteiger partial charge in [-0.1, -0.05) is 57.6 Å². The van der Waals surface area contributed by atoms with Crippen molar-refractivity contribution in [1.82, 2.24) is 0 Å². The van der Waals surface area contributed by atoms with E-state index in [0.29, 0.717) is 6.42 Å². The monoisotopic (exact) mass is 315 g/mol. The zero-order valence-electron chi connectivity index (χ0n) is 14.3. The fourth-order valence-electron chi connectivity index (χ4n) is 2.46. The molecule has 132 valence electrons. The van der Waals surface area contributed by atoms with Gasteiger partial charge in [0.2, 0.25) is 0 Å². The molecule has 4 nitrogen and oxygen atoms in total. The fraction of sp³-hybridized carbons (Fsp3) is 0.889. The van der Waals surface area contributed by atoms with Crippen molar-refractivity contribution in [1.29, 1.82) is 0 Å². The Hall–Kier alpha value is -0.420. The molecule has 4 heteroatoms. The van der Waals surface area contributed by atoms with E-state index in [-0.39, 0.29) is 6.61 Å². The van der Waals surface area contributed by atoms with Crippen molar-refractivity contribution in [2.75, 3.05) is 6.61 Å². The summed E-state index contributed by atoms with van der Waals surface area (Å²) in [7, 11) is 0. The average Bonchev–Trinajstić information content (AvgIpc) is 2.54. The van der Waals surface area contributed by atoms with Gasteiger partial charge in [-0.3, -0.25) is 0 Å². The smallest absolute Gasteiger partial charge is 0.0971 e. The van der Waals surface area contributed by atoms with Gasteiger partial charge in [0.25, 0.3) is 0 Å². The summed E-state index contributed by atoms with van der Waals surface area (Å²) >= 11 is 0. The van der Waals surface area contributed by atoms with E-state index in [4.69, 9.17) is 10.8 Å². The first kappa shape index (κ1) is 21.6. The van der Waals surface area contributed by atoms with Crippen LogP contribution in [0, 0.1) is 0 Å². The molecule has 0 saturated heterocycles. The molecule has 0 spiro atoms. The van der Waals surface area contributed by atoms with Crippen LogP contribution in [0.3, 0.4) is 0 Å². The highest BCUT2D eigenvalue weighted by atomic mass is 16.3. The molecule has 3 unspecified atom stereocenters. The second-order valence-electron chi connectivity index (χ2n) is 6.22. The lowest BCUT2D eigenvalue weighted by molar-refractivity contribution is -0.0121. The van der Waals surface area contributed by atoms with E-state index in [1.54, 1.807) is 0 Å². The number of allylic oxidation sites excluding steroid dienone is 2. The van der Waals surface area contributed by atoms with Crippen LogP contribution in [0.4, 0.5) is 0 Å². The average molecular weight is 315 g/mol. The van der Waals surface area contributed by atoms with Crippen molar-refractivity contribution in [2.24, 2.45) is 5.73 Å². The number of nitrogens with two attached hydrogens (primary N) is 1. The third-order valence-electron chi connectivity index (χ3n) is 4.06. The first-order valence-electron chi connectivity index (χ1n) is 9.01. The lowest BCUT2D eigenvalue weighted by Crippen LogP contribution is -2.45. The third kappa shape index (κ3) is 12.2. The van der Waals surface area contributed by atoms with Gasteiger partial charge in [-0.05, 0) is 32.1 Å². The Kier molecular flexibility index (Phi) is 15.2. The van der Waals surface area contributed by atoms with Crippen molar-refractivity contribution < 1.29 is 15.3 Å².